The molecule has 0 bridgehead atoms. The molecule has 2 N–H and O–H groups in total. The molecule has 0 amide bonds. The van der Waals surface area contributed by atoms with Gasteiger partial charge in [-0.1, -0.05) is 5.21 Å². The summed E-state index contributed by atoms with van der Waals surface area (Å²) in [5, 5.41) is 28.8. The highest BCUT2D eigenvalue weighted by Crippen LogP contribution is 2.41. The van der Waals surface area contributed by atoms with Gasteiger partial charge in [0.25, 0.3) is 0 Å². The fraction of sp³-hybridized carbons (Fsp3) is 0.308. The third kappa shape index (κ3) is 9.42. The maximum absolute atomic E-state index is 13.9. The Morgan fingerprint density at radius 3 is 2.35 bits per heavy atom. The number of rotatable bonds is 15. The summed E-state index contributed by atoms with van der Waals surface area (Å²) in [5.74, 6) is 0.173. The number of aromatic nitrogens is 3. The topological polar surface area (TPSA) is 153 Å². The van der Waals surface area contributed by atoms with Crippen molar-refractivity contribution in [3.63, 3.8) is 0 Å². The van der Waals surface area contributed by atoms with E-state index in [0.717, 1.165) is 78.1 Å². The monoisotopic (exact) mass is 724 g/mol. The lowest BCUT2D eigenvalue weighted by Gasteiger charge is -2.31. The van der Waals surface area contributed by atoms with E-state index in [1.165, 1.54) is 11.3 Å². The molecular formula is C39H40N4O8S. The molecule has 1 aliphatic rings. The highest BCUT2D eigenvalue weighted by Gasteiger charge is 2.23. The van der Waals surface area contributed by atoms with Gasteiger partial charge in [-0.25, -0.2) is 9.59 Å². The summed E-state index contributed by atoms with van der Waals surface area (Å²) in [7, 11) is 0. The number of ether oxygens (including phenoxy) is 3. The number of piperidine rings is 1. The second-order valence-corrected chi connectivity index (χ2v) is 13.5. The van der Waals surface area contributed by atoms with Crippen molar-refractivity contribution in [1.29, 1.82) is 0 Å². The van der Waals surface area contributed by atoms with Crippen molar-refractivity contribution in [1.82, 2.24) is 19.9 Å². The van der Waals surface area contributed by atoms with Crippen LogP contribution in [0.25, 0.3) is 20.5 Å². The zero-order valence-electron chi connectivity index (χ0n) is 28.8. The number of nitrogens with zero attached hydrogens (tertiary/aromatic N) is 4. The number of hydrogen-bond acceptors (Lipinski definition) is 12. The number of ketones is 1. The van der Waals surface area contributed by atoms with Crippen molar-refractivity contribution in [2.24, 2.45) is 5.92 Å². The molecule has 0 spiro atoms. The number of aryl methyl sites for hydroxylation is 1. The zero-order chi connectivity index (χ0) is 36.5. The number of aromatic hydroxyl groups is 2. The second-order valence-electron chi connectivity index (χ2n) is 12.5. The molecule has 3 aromatic carbocycles. The van der Waals surface area contributed by atoms with Gasteiger partial charge in [0.2, 0.25) is 0 Å². The van der Waals surface area contributed by atoms with Crippen LogP contribution in [0.4, 0.5) is 0 Å². The van der Waals surface area contributed by atoms with Gasteiger partial charge in [-0.05, 0) is 117 Å². The Morgan fingerprint density at radius 2 is 1.62 bits per heavy atom. The smallest absolute Gasteiger partial charge is 0.331 e. The summed E-state index contributed by atoms with van der Waals surface area (Å²) >= 11 is 1.43. The summed E-state index contributed by atoms with van der Waals surface area (Å²) in [6, 6.07) is 19.0. The van der Waals surface area contributed by atoms with Crippen LogP contribution in [0.1, 0.15) is 47.8 Å². The first-order chi connectivity index (χ1) is 25.2. The van der Waals surface area contributed by atoms with E-state index in [1.807, 2.05) is 12.1 Å². The largest absolute Gasteiger partial charge is 0.508 e. The SMILES string of the molecule is CCOC(=O)/C=C/C(=O)OCc1cn(CCC2CCN(CCOc3ccc(C(=O)c4c(-c5ccc(O)cc5)sc5cc(O)ccc45)cc3)CC2)nn1. The van der Waals surface area contributed by atoms with E-state index in [2.05, 4.69) is 15.2 Å². The van der Waals surface area contributed by atoms with E-state index in [4.69, 9.17) is 14.2 Å². The molecule has 1 fully saturated rings. The first kappa shape index (κ1) is 36.3. The number of esters is 2. The number of phenols is 2. The van der Waals surface area contributed by atoms with E-state index in [9.17, 15) is 24.6 Å². The predicted molar refractivity (Wildman–Crippen MR) is 195 cm³/mol. The van der Waals surface area contributed by atoms with Crippen LogP contribution in [-0.4, -0.2) is 80.7 Å². The van der Waals surface area contributed by atoms with Gasteiger partial charge in [0.1, 0.15) is 36.2 Å². The summed E-state index contributed by atoms with van der Waals surface area (Å²) in [5.41, 5.74) is 2.45. The number of fused-ring (bicyclic) bond motifs is 1. The van der Waals surface area contributed by atoms with Gasteiger partial charge in [0, 0.05) is 51.3 Å². The summed E-state index contributed by atoms with van der Waals surface area (Å²) in [4.78, 5) is 40.1. The van der Waals surface area contributed by atoms with Gasteiger partial charge in [0.15, 0.2) is 5.78 Å². The van der Waals surface area contributed by atoms with Gasteiger partial charge >= 0.3 is 11.9 Å². The number of hydrogen-bond donors (Lipinski definition) is 2. The average molecular weight is 725 g/mol. The van der Waals surface area contributed by atoms with E-state index >= 15 is 0 Å². The zero-order valence-corrected chi connectivity index (χ0v) is 29.6. The Balaban J connectivity index is 0.933. The second kappa shape index (κ2) is 17.1. The van der Waals surface area contributed by atoms with Gasteiger partial charge in [-0.3, -0.25) is 14.4 Å². The lowest BCUT2D eigenvalue weighted by Crippen LogP contribution is -2.36. The maximum Gasteiger partial charge on any atom is 0.331 e. The highest BCUT2D eigenvalue weighted by molar-refractivity contribution is 7.22. The quantitative estimate of drug-likeness (QED) is 0.0727. The van der Waals surface area contributed by atoms with Crippen molar-refractivity contribution >= 4 is 39.1 Å². The van der Waals surface area contributed by atoms with E-state index in [1.54, 1.807) is 72.4 Å². The lowest BCUT2D eigenvalue weighted by molar-refractivity contribution is -0.141. The third-order valence-corrected chi connectivity index (χ3v) is 10.1. The molecule has 0 radical (unpaired) electrons. The third-order valence-electron chi connectivity index (χ3n) is 8.89. The molecular weight excluding hydrogens is 685 g/mol. The Hall–Kier alpha value is -5.53. The van der Waals surface area contributed by atoms with E-state index in [0.29, 0.717) is 35.1 Å². The van der Waals surface area contributed by atoms with Gasteiger partial charge < -0.3 is 24.4 Å². The number of carbonyl (C=O) groups excluding carboxylic acids is 3. The van der Waals surface area contributed by atoms with Gasteiger partial charge in [-0.15, -0.1) is 16.4 Å². The van der Waals surface area contributed by atoms with E-state index < -0.39 is 11.9 Å². The minimum atomic E-state index is -0.654. The number of carbonyl (C=O) groups is 3. The van der Waals surface area contributed by atoms with Crippen molar-refractivity contribution < 1.29 is 38.8 Å². The highest BCUT2D eigenvalue weighted by atomic mass is 32.1. The fourth-order valence-electron chi connectivity index (χ4n) is 6.11. The molecule has 0 atom stereocenters. The van der Waals surface area contributed by atoms with Crippen molar-refractivity contribution in [2.45, 2.75) is 39.3 Å². The molecule has 12 nitrogen and oxygen atoms in total. The summed E-state index contributed by atoms with van der Waals surface area (Å²) < 4.78 is 18.5. The molecule has 13 heteroatoms. The molecule has 0 aliphatic carbocycles. The number of phenolic OH excluding ortho intramolecular Hbond substituents is 2. The summed E-state index contributed by atoms with van der Waals surface area (Å²) in [6.45, 7) is 5.91. The molecule has 2 aromatic heterocycles. The number of thiophene rings is 1. The van der Waals surface area contributed by atoms with Crippen LogP contribution < -0.4 is 4.74 Å². The van der Waals surface area contributed by atoms with Crippen LogP contribution in [0.2, 0.25) is 0 Å². The number of benzene rings is 3. The van der Waals surface area contributed by atoms with Crippen molar-refractivity contribution in [2.75, 3.05) is 32.8 Å². The van der Waals surface area contributed by atoms with Crippen molar-refractivity contribution in [3.8, 4) is 27.7 Å². The first-order valence-electron chi connectivity index (χ1n) is 17.2. The van der Waals surface area contributed by atoms with Crippen LogP contribution in [0.3, 0.4) is 0 Å². The molecule has 0 unspecified atom stereocenters. The molecule has 6 rings (SSSR count). The molecule has 3 heterocycles. The minimum Gasteiger partial charge on any atom is -0.508 e. The fourth-order valence-corrected chi connectivity index (χ4v) is 7.35. The van der Waals surface area contributed by atoms with Crippen LogP contribution in [0, 0.1) is 5.92 Å². The number of likely N-dealkylation sites (tertiary alicyclic amines) is 1. The molecule has 52 heavy (non-hydrogen) atoms. The average Bonchev–Trinajstić information content (AvgIpc) is 3.77. The molecule has 1 aliphatic heterocycles. The lowest BCUT2D eigenvalue weighted by atomic mass is 9.93. The molecule has 0 saturated carbocycles. The Kier molecular flexibility index (Phi) is 11.9. The Morgan fingerprint density at radius 1 is 0.904 bits per heavy atom. The Bertz CT molecular complexity index is 2030. The Labute approximate surface area is 304 Å². The normalized spacial score (nSPS) is 13.8. The van der Waals surface area contributed by atoms with Crippen LogP contribution in [-0.2, 0) is 32.2 Å². The van der Waals surface area contributed by atoms with Gasteiger partial charge in [-0.2, -0.15) is 0 Å². The van der Waals surface area contributed by atoms with Gasteiger partial charge in [0.05, 0.1) is 12.8 Å². The van der Waals surface area contributed by atoms with Crippen LogP contribution >= 0.6 is 11.3 Å². The van der Waals surface area contributed by atoms with Crippen LogP contribution in [0.5, 0.6) is 17.2 Å². The standard InChI is InChI=1S/C39H40N4O8S/c1-2-49-35(46)13-14-36(47)51-25-29-24-43(41-40-29)20-17-26-15-18-42(19-16-26)21-22-50-32-10-5-27(6-11-32)38(48)37-33-12-9-31(45)23-34(33)52-39(37)28-3-7-30(44)8-4-28/h3-14,23-24,26,44-45H,2,15-22,25H2,1H3/b14-13+. The van der Waals surface area contributed by atoms with Crippen molar-refractivity contribution in [3.05, 3.63) is 102 Å². The predicted octanol–water partition coefficient (Wildman–Crippen LogP) is 6.15. The molecule has 5 aromatic rings. The summed E-state index contributed by atoms with van der Waals surface area (Å²) in [6.07, 6.45) is 6.95. The van der Waals surface area contributed by atoms with E-state index in [-0.39, 0.29) is 30.5 Å². The minimum absolute atomic E-state index is 0.0308. The van der Waals surface area contributed by atoms with Crippen LogP contribution in [0.15, 0.2) is 85.1 Å². The molecule has 1 saturated heterocycles. The first-order valence-corrected chi connectivity index (χ1v) is 18.0. The molecule has 270 valence electrons. The maximum atomic E-state index is 13.9.